The van der Waals surface area contributed by atoms with Gasteiger partial charge in [-0.25, -0.2) is 0 Å². The normalized spacial score (nSPS) is 16.2. The lowest BCUT2D eigenvalue weighted by Crippen LogP contribution is -2.65. The minimum absolute atomic E-state index is 0.124. The average molecular weight is 2040 g/mol. The lowest BCUT2D eigenvalue weighted by atomic mass is 9.43. The van der Waals surface area contributed by atoms with E-state index in [0.29, 0.717) is 0 Å². The van der Waals surface area contributed by atoms with Gasteiger partial charge in [-0.2, -0.15) is 0 Å². The molecular formula is C92H138N8O43. The fourth-order valence-corrected chi connectivity index (χ4v) is 20.7. The number of carboxylic acid groups (broad SMARTS) is 18. The second-order valence-corrected chi connectivity index (χ2v) is 39.0. The summed E-state index contributed by atoms with van der Waals surface area (Å²) in [6, 6.07) is 0. The number of carbonyl (C=O) groups is 25. The molecule has 2 atom stereocenters. The van der Waals surface area contributed by atoms with Crippen LogP contribution in [0.5, 0.6) is 0 Å². The van der Waals surface area contributed by atoms with Crippen LogP contribution in [0.2, 0.25) is 0 Å². The minimum Gasteiger partial charge on any atom is -0.481 e. The number of aliphatic carboxylic acids is 18. The van der Waals surface area contributed by atoms with E-state index in [2.05, 4.69) is 42.5 Å². The molecule has 51 nitrogen and oxygen atoms in total. The molecule has 0 aromatic heterocycles. The van der Waals surface area contributed by atoms with Crippen molar-refractivity contribution in [1.29, 1.82) is 0 Å². The molecule has 4 aliphatic rings. The van der Waals surface area contributed by atoms with E-state index >= 15 is 33.6 Å². The zero-order valence-electron chi connectivity index (χ0n) is 79.8. The van der Waals surface area contributed by atoms with Crippen LogP contribution in [0, 0.1) is 22.7 Å². The van der Waals surface area contributed by atoms with Gasteiger partial charge in [-0.1, -0.05) is 0 Å². The van der Waals surface area contributed by atoms with Crippen LogP contribution in [0.15, 0.2) is 0 Å². The van der Waals surface area contributed by atoms with Gasteiger partial charge < -0.3 is 134 Å². The Kier molecular flexibility index (Phi) is 50.0. The van der Waals surface area contributed by atoms with E-state index in [9.17, 15) is 178 Å². The second-order valence-electron chi connectivity index (χ2n) is 39.0. The van der Waals surface area contributed by atoms with E-state index in [1.165, 1.54) is 0 Å². The van der Waals surface area contributed by atoms with Crippen LogP contribution >= 0.6 is 0 Å². The van der Waals surface area contributed by atoms with Crippen molar-refractivity contribution in [3.63, 3.8) is 0 Å². The van der Waals surface area contributed by atoms with Gasteiger partial charge in [0.05, 0.1) is 10.8 Å². The molecule has 0 saturated heterocycles. The Balaban J connectivity index is 2.77. The van der Waals surface area contributed by atoms with E-state index in [-0.39, 0.29) is 45.1 Å². The first-order chi connectivity index (χ1) is 66.5. The van der Waals surface area contributed by atoms with Crippen molar-refractivity contribution in [3.05, 3.63) is 0 Å². The Hall–Kier alpha value is -13.3. The first kappa shape index (κ1) is 124. The molecule has 0 radical (unpaired) electrons. The first-order valence-corrected chi connectivity index (χ1v) is 47.4. The molecule has 26 N–H and O–H groups in total. The van der Waals surface area contributed by atoms with Crippen molar-refractivity contribution in [3.8, 4) is 0 Å². The standard InChI is InChI=1S/C92H138N8O43/c101-58(94-87(34-10-66(112)113,35-11-67(114)115)36-12-68(116)117)2-26-86(25-1-49-93-85(31-7-63(106)107,32-8-64(108)109)33-9-65(110)111,27-3-59(102)95-88(37-13-69(118)119,38-14-70(120)121)39-15-71(122)123)99-81(142)83-51-56-50-57(52-83)54-84(53-56,55-83)82(143)100-92(28-4-60(103)96-89(40-16-72(124)125,41-17-73(126)127)42-18-74(128)129,29-5-61(104)97-90(43-19-75(130)131,44-20-76(132)133)45-21-77(134)135)30-6-62(105)98-91(46-22-78(136)137,47-23-79(138)139)48-24-80(140)141/h56-57,93H,1-55H2,(H,94,101)(H,95,102)(H,96,103)(H,97,104)(H,98,105)(H,99,142)(H,100,143)(H,106,107)(H,108,109)(H,110,111)(H,112,113)(H,114,115)(H,116,117)(H,118,119)(H,120,121)(H,122,123)(H,124,125)(H,126,127)(H,128,129)(H,130,131)(H,132,133)(H,134,135)(H,136,137)(H,138,139)(H,140,141). The SMILES string of the molecule is O=C(O)CCC(CCC(=O)O)(CCC(=O)O)NCCCC(CCC(=O)NC(CCC(=O)O)(CCC(=O)O)CCC(=O)O)(CCC(=O)NC(CCC(=O)O)(CCC(=O)O)CCC(=O)O)NC(=O)C12CC3CC(C1)CC(C(=O)NC(CCC(=O)NC(CCC(=O)O)(CCC(=O)O)CCC(=O)O)(CCC(=O)NC(CCC(=O)O)(CCC(=O)O)CCC(=O)O)CCC(=O)NC(CCC(=O)O)(CCC(=O)O)CCC(=O)O)(C3)C2. The zero-order valence-corrected chi connectivity index (χ0v) is 79.8. The van der Waals surface area contributed by atoms with E-state index in [4.69, 9.17) is 0 Å². The second kappa shape index (κ2) is 57.7. The van der Waals surface area contributed by atoms with Crippen molar-refractivity contribution >= 4 is 149 Å². The molecule has 4 rings (SSSR count). The van der Waals surface area contributed by atoms with Crippen LogP contribution < -0.4 is 42.5 Å². The van der Waals surface area contributed by atoms with Gasteiger partial charge in [0.2, 0.25) is 41.4 Å². The molecule has 0 aromatic carbocycles. The number of hydrogen-bond acceptors (Lipinski definition) is 26. The molecular weight excluding hydrogens is 1910 g/mol. The van der Waals surface area contributed by atoms with Crippen LogP contribution in [-0.4, -0.2) is 292 Å². The monoisotopic (exact) mass is 2040 g/mol. The molecule has 0 aromatic rings. The summed E-state index contributed by atoms with van der Waals surface area (Å²) in [7, 11) is 0. The molecule has 143 heavy (non-hydrogen) atoms. The van der Waals surface area contributed by atoms with Gasteiger partial charge in [-0.15, -0.1) is 0 Å². The summed E-state index contributed by atoms with van der Waals surface area (Å²) < 4.78 is 0. The summed E-state index contributed by atoms with van der Waals surface area (Å²) in [5.74, 6) is -35.7. The van der Waals surface area contributed by atoms with Crippen molar-refractivity contribution in [1.82, 2.24) is 42.5 Å². The van der Waals surface area contributed by atoms with Crippen molar-refractivity contribution < 1.29 is 212 Å². The predicted molar refractivity (Wildman–Crippen MR) is 485 cm³/mol. The number of carboxylic acids is 18. The lowest BCUT2D eigenvalue weighted by molar-refractivity contribution is -0.170. The third kappa shape index (κ3) is 46.5. The van der Waals surface area contributed by atoms with E-state index in [1.807, 2.05) is 0 Å². The number of hydrogen-bond donors (Lipinski definition) is 26. The molecule has 4 saturated carbocycles. The lowest BCUT2D eigenvalue weighted by Gasteiger charge is -2.61. The molecule has 4 bridgehead atoms. The fraction of sp³-hybridized carbons (Fsp3) is 0.728. The van der Waals surface area contributed by atoms with Crippen LogP contribution in [0.25, 0.3) is 0 Å². The summed E-state index contributed by atoms with van der Waals surface area (Å²) in [5.41, 5.74) is -19.7. The van der Waals surface area contributed by atoms with Crippen LogP contribution in [0.1, 0.15) is 347 Å². The highest BCUT2D eigenvalue weighted by molar-refractivity contribution is 5.90. The molecule has 4 fully saturated rings. The molecule has 51 heteroatoms. The number of carbonyl (C=O) groups excluding carboxylic acids is 7. The maximum atomic E-state index is 16.9. The molecule has 0 heterocycles. The van der Waals surface area contributed by atoms with Crippen LogP contribution in [0.4, 0.5) is 0 Å². The Labute approximate surface area is 820 Å². The van der Waals surface area contributed by atoms with Crippen molar-refractivity contribution in [2.75, 3.05) is 6.54 Å². The average Bonchev–Trinajstić information content (AvgIpc) is 0.705. The summed E-state index contributed by atoms with van der Waals surface area (Å²) in [5, 5.41) is 202. The molecule has 4 aliphatic carbocycles. The highest BCUT2D eigenvalue weighted by Crippen LogP contribution is 2.66. The van der Waals surface area contributed by atoms with Gasteiger partial charge >= 0.3 is 107 Å². The maximum Gasteiger partial charge on any atom is 0.303 e. The maximum absolute atomic E-state index is 16.9. The number of nitrogens with one attached hydrogen (secondary N) is 8. The number of rotatable bonds is 83. The largest absolute Gasteiger partial charge is 0.481 e. The summed E-state index contributed by atoms with van der Waals surface area (Å²) in [6.07, 6.45) is -34.8. The van der Waals surface area contributed by atoms with Crippen molar-refractivity contribution in [2.24, 2.45) is 22.7 Å². The molecule has 7 amide bonds. The first-order valence-electron chi connectivity index (χ1n) is 47.4. The van der Waals surface area contributed by atoms with Gasteiger partial charge in [0.15, 0.2) is 0 Å². The van der Waals surface area contributed by atoms with Crippen molar-refractivity contribution in [2.45, 2.75) is 391 Å². The summed E-state index contributed by atoms with van der Waals surface area (Å²) >= 11 is 0. The topological polar surface area (TPSA) is 887 Å². The molecule has 0 spiro atoms. The highest BCUT2D eigenvalue weighted by atomic mass is 16.4. The van der Waals surface area contributed by atoms with Gasteiger partial charge in [0.25, 0.3) is 0 Å². The Morgan fingerprint density at radius 1 is 0.182 bits per heavy atom. The molecule has 2 unspecified atom stereocenters. The van der Waals surface area contributed by atoms with E-state index in [0.717, 1.165) is 0 Å². The van der Waals surface area contributed by atoms with Crippen LogP contribution in [-0.2, 0) is 120 Å². The summed E-state index contributed by atoms with van der Waals surface area (Å²) in [4.78, 5) is 331. The van der Waals surface area contributed by atoms with Gasteiger partial charge in [-0.3, -0.25) is 120 Å². The Morgan fingerprint density at radius 3 is 0.469 bits per heavy atom. The number of amides is 7. The van der Waals surface area contributed by atoms with Gasteiger partial charge in [0, 0.05) is 192 Å². The van der Waals surface area contributed by atoms with E-state index < -0.39 is 524 Å². The molecule has 804 valence electrons. The van der Waals surface area contributed by atoms with Gasteiger partial charge in [0.1, 0.15) is 0 Å². The Morgan fingerprint density at radius 2 is 0.315 bits per heavy atom. The smallest absolute Gasteiger partial charge is 0.303 e. The third-order valence-electron chi connectivity index (χ3n) is 28.0. The highest BCUT2D eigenvalue weighted by Gasteiger charge is 2.64. The third-order valence-corrected chi connectivity index (χ3v) is 28.0. The van der Waals surface area contributed by atoms with Gasteiger partial charge in [-0.05, 0) is 217 Å². The molecule has 0 aliphatic heterocycles. The fourth-order valence-electron chi connectivity index (χ4n) is 20.7. The quantitative estimate of drug-likeness (QED) is 0.0351. The predicted octanol–water partition coefficient (Wildman–Crippen LogP) is 5.13. The van der Waals surface area contributed by atoms with E-state index in [1.54, 1.807) is 0 Å². The summed E-state index contributed by atoms with van der Waals surface area (Å²) in [6.45, 7) is -0.380. The van der Waals surface area contributed by atoms with Crippen LogP contribution in [0.3, 0.4) is 0 Å². The zero-order chi connectivity index (χ0) is 108. The Bertz CT molecular complexity index is 4020. The minimum atomic E-state index is -2.33.